The molecule has 0 aliphatic heterocycles. The SMILES string of the molecule is C[Te](C)(Oc1c([N+](=O)[O-])cc([N+](=O)[O-])cc1[N+](=O)[O-])O[Te](C)(C)Oc1c([N+](=O)[O-])cc([N+](=O)[O-])cc1[N+](=O)[O-]. The van der Waals surface area contributed by atoms with Crippen LogP contribution in [0.15, 0.2) is 24.3 Å². The maximum atomic E-state index is 11.5. The van der Waals surface area contributed by atoms with Crippen molar-refractivity contribution in [1.29, 1.82) is 0 Å². The summed E-state index contributed by atoms with van der Waals surface area (Å²) in [6, 6.07) is 1.81. The molecule has 0 N–H and O–H groups in total. The number of nitrogens with zero attached hydrogens (tertiary/aromatic N) is 6. The van der Waals surface area contributed by atoms with Crippen LogP contribution >= 0.6 is 0 Å². The van der Waals surface area contributed by atoms with Crippen molar-refractivity contribution < 1.29 is 37.2 Å². The van der Waals surface area contributed by atoms with Crippen molar-refractivity contribution in [2.45, 2.75) is 19.9 Å². The second-order valence-electron chi connectivity index (χ2n) is 7.69. The van der Waals surface area contributed by atoms with Crippen molar-refractivity contribution in [3.05, 3.63) is 85.0 Å². The monoisotopic (exact) mass is 792 g/mol. The van der Waals surface area contributed by atoms with Crippen LogP contribution in [0, 0.1) is 60.7 Å². The fraction of sp³-hybridized carbons (Fsp3) is 0.250. The topological polar surface area (TPSA) is 287 Å². The second-order valence-corrected chi connectivity index (χ2v) is 24.7. The molecule has 0 aliphatic carbocycles. The number of non-ortho nitro benzene ring substituents is 2. The summed E-state index contributed by atoms with van der Waals surface area (Å²) in [5, 5.41) is 68.3. The minimum absolute atomic E-state index is 0.452. The number of hydrogen-bond donors (Lipinski definition) is 0. The summed E-state index contributed by atoms with van der Waals surface area (Å²) in [4.78, 5) is 66.8. The molecule has 2 aromatic carbocycles. The van der Waals surface area contributed by atoms with Crippen LogP contribution < -0.4 is 6.20 Å². The molecule has 0 atom stereocenters. The predicted molar refractivity (Wildman–Crippen MR) is 130 cm³/mol. The summed E-state index contributed by atoms with van der Waals surface area (Å²) >= 11 is -8.93. The number of hydrogen-bond acceptors (Lipinski definition) is 15. The molecule has 2 aromatic rings. The van der Waals surface area contributed by atoms with Gasteiger partial charge in [0.25, 0.3) is 0 Å². The Hall–Kier alpha value is -4.02. The Morgan fingerprint density at radius 2 is 0.718 bits per heavy atom. The van der Waals surface area contributed by atoms with E-state index in [-0.39, 0.29) is 0 Å². The zero-order valence-electron chi connectivity index (χ0n) is 19.9. The number of nitro groups is 6. The standard InChI is InChI=1S/C16H16N6O15Te2/c1-38(2,35-15-11(19(27)28)5-9(17(23)24)6-12(15)20(29)30)37-39(3,4)36-16-13(21(31)32)7-10(18(25)26)8-14(16)22(33)34/h5-8H,1-4H3. The first-order chi connectivity index (χ1) is 17.8. The summed E-state index contributed by atoms with van der Waals surface area (Å²) < 4.78 is 17.1. The van der Waals surface area contributed by atoms with E-state index >= 15 is 0 Å². The third kappa shape index (κ3) is 7.52. The van der Waals surface area contributed by atoms with Crippen molar-refractivity contribution in [1.82, 2.24) is 0 Å². The maximum absolute atomic E-state index is 11.5. The van der Waals surface area contributed by atoms with Crippen molar-refractivity contribution in [2.24, 2.45) is 0 Å². The van der Waals surface area contributed by atoms with Gasteiger partial charge in [0.2, 0.25) is 0 Å². The molecule has 2 rings (SSSR count). The third-order valence-corrected chi connectivity index (χ3v) is 21.8. The van der Waals surface area contributed by atoms with Gasteiger partial charge in [0.05, 0.1) is 0 Å². The van der Waals surface area contributed by atoms with Crippen LogP contribution in [0.5, 0.6) is 11.5 Å². The molecule has 0 fully saturated rings. The van der Waals surface area contributed by atoms with Gasteiger partial charge in [0, 0.05) is 0 Å². The fourth-order valence-corrected chi connectivity index (χ4v) is 24.8. The average molecular weight is 788 g/mol. The van der Waals surface area contributed by atoms with E-state index in [1.165, 1.54) is 19.9 Å². The predicted octanol–water partition coefficient (Wildman–Crippen LogP) is 4.01. The summed E-state index contributed by atoms with van der Waals surface area (Å²) in [7, 11) is 0. The zero-order valence-corrected chi connectivity index (χ0v) is 24.6. The quantitative estimate of drug-likeness (QED) is 0.167. The van der Waals surface area contributed by atoms with Crippen molar-refractivity contribution in [2.75, 3.05) is 0 Å². The molecule has 0 aromatic heterocycles. The van der Waals surface area contributed by atoms with Crippen LogP contribution in [-0.4, -0.2) is 67.5 Å². The Bertz CT molecular complexity index is 1250. The molecule has 0 unspecified atom stereocenters. The van der Waals surface area contributed by atoms with Crippen LogP contribution in [0.1, 0.15) is 0 Å². The molecule has 0 heterocycles. The van der Waals surface area contributed by atoms with Crippen LogP contribution in [0.25, 0.3) is 0 Å². The zero-order chi connectivity index (χ0) is 30.0. The van der Waals surface area contributed by atoms with Gasteiger partial charge < -0.3 is 0 Å². The molecule has 39 heavy (non-hydrogen) atoms. The van der Waals surface area contributed by atoms with Crippen LogP contribution in [0.2, 0.25) is 19.9 Å². The first kappa shape index (κ1) is 31.2. The Morgan fingerprint density at radius 1 is 0.487 bits per heavy atom. The third-order valence-electron chi connectivity index (χ3n) is 4.17. The van der Waals surface area contributed by atoms with E-state index in [1.807, 2.05) is 0 Å². The molecule has 212 valence electrons. The Kier molecular flexibility index (Phi) is 9.11. The van der Waals surface area contributed by atoms with Gasteiger partial charge in [-0.3, -0.25) is 0 Å². The van der Waals surface area contributed by atoms with Gasteiger partial charge in [-0.2, -0.15) is 0 Å². The van der Waals surface area contributed by atoms with Crippen LogP contribution in [-0.2, 0) is 1.47 Å². The van der Waals surface area contributed by atoms with E-state index < -0.39 is 113 Å². The minimum atomic E-state index is -4.47. The molecular formula is C16H16N6O15Te2. The first-order valence-corrected chi connectivity index (χ1v) is 22.7. The van der Waals surface area contributed by atoms with Gasteiger partial charge in [0.1, 0.15) is 0 Å². The molecule has 0 bridgehead atoms. The van der Waals surface area contributed by atoms with Gasteiger partial charge in [0.15, 0.2) is 0 Å². The van der Waals surface area contributed by atoms with E-state index in [0.29, 0.717) is 24.3 Å². The summed E-state index contributed by atoms with van der Waals surface area (Å²) in [6.07, 6.45) is 0. The summed E-state index contributed by atoms with van der Waals surface area (Å²) in [6.45, 7) is 0. The molecule has 21 nitrogen and oxygen atoms in total. The Balaban J connectivity index is 2.56. The normalized spacial score (nSPS) is 12.2. The second kappa shape index (κ2) is 11.4. The van der Waals surface area contributed by atoms with Gasteiger partial charge in [-0.25, -0.2) is 0 Å². The molecule has 0 radical (unpaired) electrons. The van der Waals surface area contributed by atoms with E-state index in [2.05, 4.69) is 0 Å². The van der Waals surface area contributed by atoms with Gasteiger partial charge in [-0.05, 0) is 0 Å². The van der Waals surface area contributed by atoms with E-state index in [4.69, 9.17) is 7.67 Å². The van der Waals surface area contributed by atoms with Gasteiger partial charge >= 0.3 is 226 Å². The molecule has 0 amide bonds. The summed E-state index contributed by atoms with van der Waals surface area (Å²) in [5.41, 5.74) is -6.32. The van der Waals surface area contributed by atoms with Gasteiger partial charge in [-0.1, -0.05) is 0 Å². The number of benzene rings is 2. The Morgan fingerprint density at radius 3 is 0.897 bits per heavy atom. The van der Waals surface area contributed by atoms with Crippen molar-refractivity contribution in [3.63, 3.8) is 0 Å². The number of rotatable bonds is 12. The van der Waals surface area contributed by atoms with Crippen molar-refractivity contribution in [3.8, 4) is 11.5 Å². The molecule has 0 aliphatic rings. The molecule has 0 saturated carbocycles. The Labute approximate surface area is 224 Å². The van der Waals surface area contributed by atoms with E-state index in [0.717, 1.165) is 0 Å². The average Bonchev–Trinajstić information content (AvgIpc) is 2.76. The molecule has 0 saturated heterocycles. The first-order valence-electron chi connectivity index (χ1n) is 9.55. The van der Waals surface area contributed by atoms with Gasteiger partial charge in [-0.15, -0.1) is 0 Å². The van der Waals surface area contributed by atoms with E-state index in [9.17, 15) is 60.7 Å². The van der Waals surface area contributed by atoms with Crippen LogP contribution in [0.4, 0.5) is 34.1 Å². The number of nitro benzene ring substituents is 6. The molecule has 0 spiro atoms. The van der Waals surface area contributed by atoms with Crippen molar-refractivity contribution >= 4 is 72.1 Å². The van der Waals surface area contributed by atoms with Crippen LogP contribution in [0.3, 0.4) is 0 Å². The van der Waals surface area contributed by atoms with E-state index in [1.54, 1.807) is 0 Å². The molecular weight excluding hydrogens is 771 g/mol. The fourth-order valence-electron chi connectivity index (χ4n) is 2.92. The molecule has 23 heteroatoms. The summed E-state index contributed by atoms with van der Waals surface area (Å²) in [5.74, 6) is -1.87.